The van der Waals surface area contributed by atoms with Gasteiger partial charge in [0.1, 0.15) is 0 Å². The van der Waals surface area contributed by atoms with E-state index in [0.717, 1.165) is 0 Å². The summed E-state index contributed by atoms with van der Waals surface area (Å²) in [5.41, 5.74) is -7.24. The first-order chi connectivity index (χ1) is 12.9. The summed E-state index contributed by atoms with van der Waals surface area (Å²) in [6.07, 6.45) is -21.2. The van der Waals surface area contributed by atoms with E-state index >= 15 is 0 Å². The van der Waals surface area contributed by atoms with Crippen molar-refractivity contribution in [3.05, 3.63) is 58.7 Å². The molecule has 0 amide bonds. The molecule has 2 rings (SSSR count). The fourth-order valence-corrected chi connectivity index (χ4v) is 5.10. The zero-order chi connectivity index (χ0) is 22.4. The summed E-state index contributed by atoms with van der Waals surface area (Å²) < 4.78 is 154. The second kappa shape index (κ2) is 7.44. The minimum atomic E-state index is -5.42. The zero-order valence-corrected chi connectivity index (χ0v) is 15.3. The Hall–Kier alpha value is -1.84. The monoisotopic (exact) mass is 501 g/mol. The fraction of sp³-hybridized carbons (Fsp3) is 0.250. The van der Waals surface area contributed by atoms with Gasteiger partial charge in [0.25, 0.3) is 0 Å². The van der Waals surface area contributed by atoms with Crippen molar-refractivity contribution in [2.45, 2.75) is 24.7 Å². The standard InChI is InChI=1S/C16H6AsF12/c18-13(19,20)7-4-5-11(10(6-7)16(27,28)29)17-12-8(14(21,22)23)2-1-3-9(12)15(24,25)26/h1-6H. The third-order valence-corrected chi connectivity index (χ3v) is 6.31. The average molecular weight is 501 g/mol. The fourth-order valence-electron chi connectivity index (χ4n) is 2.28. The first-order valence-electron chi connectivity index (χ1n) is 7.20. The summed E-state index contributed by atoms with van der Waals surface area (Å²) in [5, 5.41) is 0. The Morgan fingerprint density at radius 3 is 1.34 bits per heavy atom. The van der Waals surface area contributed by atoms with Gasteiger partial charge in [-0.1, -0.05) is 0 Å². The number of benzene rings is 2. The Labute approximate surface area is 161 Å². The second-order valence-electron chi connectivity index (χ2n) is 5.54. The van der Waals surface area contributed by atoms with Gasteiger partial charge in [0.15, 0.2) is 0 Å². The number of hydrogen-bond donors (Lipinski definition) is 0. The van der Waals surface area contributed by atoms with Crippen LogP contribution in [0.1, 0.15) is 22.3 Å². The van der Waals surface area contributed by atoms with Crippen LogP contribution in [0.5, 0.6) is 0 Å². The van der Waals surface area contributed by atoms with Gasteiger partial charge in [0.2, 0.25) is 0 Å². The predicted molar refractivity (Wildman–Crippen MR) is 77.9 cm³/mol. The molecule has 0 saturated carbocycles. The van der Waals surface area contributed by atoms with Gasteiger partial charge in [-0.25, -0.2) is 0 Å². The third kappa shape index (κ3) is 5.40. The van der Waals surface area contributed by atoms with Gasteiger partial charge in [-0.05, 0) is 0 Å². The molecule has 0 spiro atoms. The van der Waals surface area contributed by atoms with E-state index in [0.29, 0.717) is 6.07 Å². The molecular weight excluding hydrogens is 495 g/mol. The van der Waals surface area contributed by atoms with Crippen molar-refractivity contribution in [2.24, 2.45) is 0 Å². The van der Waals surface area contributed by atoms with Crippen LogP contribution in [0.15, 0.2) is 36.4 Å². The molecule has 0 nitrogen and oxygen atoms in total. The molecule has 0 aromatic heterocycles. The van der Waals surface area contributed by atoms with E-state index in [-0.39, 0.29) is 30.3 Å². The topological polar surface area (TPSA) is 0 Å². The van der Waals surface area contributed by atoms with Gasteiger partial charge < -0.3 is 0 Å². The molecule has 0 saturated heterocycles. The number of halogens is 12. The van der Waals surface area contributed by atoms with E-state index in [9.17, 15) is 52.7 Å². The molecule has 0 N–H and O–H groups in total. The molecule has 1 radical (unpaired) electrons. The molecule has 0 unspecified atom stereocenters. The van der Waals surface area contributed by atoms with Crippen molar-refractivity contribution in [3.63, 3.8) is 0 Å². The van der Waals surface area contributed by atoms with Crippen molar-refractivity contribution in [2.75, 3.05) is 0 Å². The van der Waals surface area contributed by atoms with Gasteiger partial charge >= 0.3 is 160 Å². The van der Waals surface area contributed by atoms with Crippen molar-refractivity contribution < 1.29 is 52.7 Å². The van der Waals surface area contributed by atoms with Crippen LogP contribution in [0.3, 0.4) is 0 Å². The molecule has 2 aromatic carbocycles. The van der Waals surface area contributed by atoms with Gasteiger partial charge in [0, 0.05) is 0 Å². The van der Waals surface area contributed by atoms with Crippen molar-refractivity contribution >= 4 is 24.5 Å². The van der Waals surface area contributed by atoms with E-state index in [1.54, 1.807) is 0 Å². The van der Waals surface area contributed by atoms with E-state index in [2.05, 4.69) is 0 Å². The van der Waals surface area contributed by atoms with E-state index in [1.807, 2.05) is 0 Å². The van der Waals surface area contributed by atoms with Gasteiger partial charge in [-0.3, -0.25) is 0 Å². The molecule has 0 aliphatic carbocycles. The Kier molecular flexibility index (Phi) is 6.02. The maximum absolute atomic E-state index is 13.2. The van der Waals surface area contributed by atoms with Crippen LogP contribution in [0.4, 0.5) is 52.7 Å². The van der Waals surface area contributed by atoms with Gasteiger partial charge in [-0.15, -0.1) is 0 Å². The van der Waals surface area contributed by atoms with E-state index < -0.39 is 71.4 Å². The molecule has 159 valence electrons. The van der Waals surface area contributed by atoms with E-state index in [4.69, 9.17) is 0 Å². The molecular formula is C16H6AsF12. The van der Waals surface area contributed by atoms with Crippen LogP contribution in [0.2, 0.25) is 0 Å². The summed E-state index contributed by atoms with van der Waals surface area (Å²) in [7, 11) is 0. The van der Waals surface area contributed by atoms with Crippen LogP contribution in [-0.4, -0.2) is 15.8 Å². The Bertz CT molecular complexity index is 854. The quantitative estimate of drug-likeness (QED) is 0.381. The van der Waals surface area contributed by atoms with Crippen molar-refractivity contribution in [1.82, 2.24) is 0 Å². The first-order valence-corrected chi connectivity index (χ1v) is 9.07. The average Bonchev–Trinajstić information content (AvgIpc) is 2.51. The number of hydrogen-bond acceptors (Lipinski definition) is 0. The number of alkyl halides is 12. The Balaban J connectivity index is 2.74. The first kappa shape index (κ1) is 23.4. The summed E-state index contributed by atoms with van der Waals surface area (Å²) in [6.45, 7) is 0. The number of rotatable bonds is 2. The molecule has 0 aliphatic heterocycles. The summed E-state index contributed by atoms with van der Waals surface area (Å²) in [5.74, 6) is 0. The van der Waals surface area contributed by atoms with Crippen molar-refractivity contribution in [3.8, 4) is 0 Å². The SMILES string of the molecule is FC(F)(F)c1ccc([As]c2c(C(F)(F)F)cccc2C(F)(F)F)c(C(F)(F)F)c1. The van der Waals surface area contributed by atoms with Crippen molar-refractivity contribution in [1.29, 1.82) is 0 Å². The van der Waals surface area contributed by atoms with Gasteiger partial charge in [-0.2, -0.15) is 0 Å². The van der Waals surface area contributed by atoms with Crippen LogP contribution in [0.25, 0.3) is 0 Å². The predicted octanol–water partition coefficient (Wildman–Crippen LogP) is 5.42. The second-order valence-corrected chi connectivity index (χ2v) is 7.95. The molecule has 2 aromatic rings. The summed E-state index contributed by atoms with van der Waals surface area (Å²) in [6, 6.07) is 1.12. The molecule has 0 aliphatic rings. The van der Waals surface area contributed by atoms with Crippen LogP contribution in [-0.2, 0) is 24.7 Å². The minimum absolute atomic E-state index is 0.184. The molecule has 0 bridgehead atoms. The Morgan fingerprint density at radius 2 is 0.966 bits per heavy atom. The zero-order valence-electron chi connectivity index (χ0n) is 13.4. The Morgan fingerprint density at radius 1 is 0.517 bits per heavy atom. The van der Waals surface area contributed by atoms with Crippen LogP contribution in [0, 0.1) is 0 Å². The van der Waals surface area contributed by atoms with Gasteiger partial charge in [0.05, 0.1) is 0 Å². The molecule has 29 heavy (non-hydrogen) atoms. The molecule has 0 fully saturated rings. The summed E-state index contributed by atoms with van der Waals surface area (Å²) >= 11 is -2.62. The summed E-state index contributed by atoms with van der Waals surface area (Å²) in [4.78, 5) is 0. The van der Waals surface area contributed by atoms with Crippen LogP contribution >= 0.6 is 0 Å². The van der Waals surface area contributed by atoms with Crippen LogP contribution < -0.4 is 8.70 Å². The molecule has 0 atom stereocenters. The molecule has 0 heterocycles. The third-order valence-electron chi connectivity index (χ3n) is 3.51. The van der Waals surface area contributed by atoms with E-state index in [1.165, 1.54) is 0 Å². The molecule has 13 heteroatoms. The maximum atomic E-state index is 13.2. The normalized spacial score (nSPS) is 14.1.